The Hall–Kier alpha value is -1.79. The quantitative estimate of drug-likeness (QED) is 0.808. The number of amides is 2. The molecule has 2 aromatic rings. The van der Waals surface area contributed by atoms with Crippen LogP contribution in [0.5, 0.6) is 0 Å². The van der Waals surface area contributed by atoms with Gasteiger partial charge in [-0.3, -0.25) is 9.59 Å². The van der Waals surface area contributed by atoms with E-state index >= 15 is 0 Å². The molecule has 7 heteroatoms. The number of nitrogens with zero attached hydrogens (tertiary/aromatic N) is 2. The summed E-state index contributed by atoms with van der Waals surface area (Å²) in [6.45, 7) is 4.69. The SMILES string of the molecule is C=CC(=O)N1CC(NC(=O)Cn2cc(Cl)c3cc(Br)ccc32)C1. The normalized spacial score (nSPS) is 14.6. The van der Waals surface area contributed by atoms with Crippen molar-refractivity contribution in [2.45, 2.75) is 12.6 Å². The second-order valence-electron chi connectivity index (χ2n) is 5.48. The highest BCUT2D eigenvalue weighted by molar-refractivity contribution is 9.10. The number of benzene rings is 1. The van der Waals surface area contributed by atoms with Crippen molar-refractivity contribution in [2.75, 3.05) is 13.1 Å². The zero-order valence-corrected chi connectivity index (χ0v) is 14.6. The molecule has 0 bridgehead atoms. The molecule has 1 fully saturated rings. The smallest absolute Gasteiger partial charge is 0.246 e. The summed E-state index contributed by atoms with van der Waals surface area (Å²) in [5, 5.41) is 4.43. The molecule has 5 nitrogen and oxygen atoms in total. The van der Waals surface area contributed by atoms with E-state index in [1.807, 2.05) is 22.8 Å². The lowest BCUT2D eigenvalue weighted by Gasteiger charge is -2.38. The highest BCUT2D eigenvalue weighted by Gasteiger charge is 2.30. The zero-order chi connectivity index (χ0) is 16.6. The maximum Gasteiger partial charge on any atom is 0.246 e. The van der Waals surface area contributed by atoms with Gasteiger partial charge in [-0.2, -0.15) is 0 Å². The molecule has 1 aromatic carbocycles. The van der Waals surface area contributed by atoms with Gasteiger partial charge in [-0.15, -0.1) is 0 Å². The number of hydrogen-bond donors (Lipinski definition) is 1. The Kier molecular flexibility index (Phi) is 4.46. The van der Waals surface area contributed by atoms with Crippen molar-refractivity contribution < 1.29 is 9.59 Å². The number of likely N-dealkylation sites (tertiary alicyclic amines) is 1. The van der Waals surface area contributed by atoms with E-state index in [1.165, 1.54) is 6.08 Å². The third-order valence-corrected chi connectivity index (χ3v) is 4.64. The molecule has 1 aliphatic heterocycles. The number of carbonyl (C=O) groups is 2. The zero-order valence-electron chi connectivity index (χ0n) is 12.3. The number of nitrogens with one attached hydrogen (secondary N) is 1. The Labute approximate surface area is 147 Å². The van der Waals surface area contributed by atoms with Crippen molar-refractivity contribution in [3.8, 4) is 0 Å². The molecular weight excluding hydrogens is 382 g/mol. The van der Waals surface area contributed by atoms with Crippen LogP contribution in [0.15, 0.2) is 41.5 Å². The van der Waals surface area contributed by atoms with Crippen LogP contribution in [0, 0.1) is 0 Å². The van der Waals surface area contributed by atoms with Gasteiger partial charge in [0.15, 0.2) is 0 Å². The highest BCUT2D eigenvalue weighted by atomic mass is 79.9. The molecule has 1 aliphatic rings. The second kappa shape index (κ2) is 6.37. The molecule has 0 radical (unpaired) electrons. The minimum Gasteiger partial charge on any atom is -0.348 e. The number of halogens is 2. The number of rotatable bonds is 4. The first-order valence-corrected chi connectivity index (χ1v) is 8.29. The van der Waals surface area contributed by atoms with E-state index in [9.17, 15) is 9.59 Å². The van der Waals surface area contributed by atoms with Crippen LogP contribution >= 0.6 is 27.5 Å². The van der Waals surface area contributed by atoms with Crippen LogP contribution in [-0.4, -0.2) is 40.4 Å². The number of carbonyl (C=O) groups excluding carboxylic acids is 2. The van der Waals surface area contributed by atoms with Crippen LogP contribution in [0.1, 0.15) is 0 Å². The Bertz CT molecular complexity index is 796. The fraction of sp³-hybridized carbons (Fsp3) is 0.250. The largest absolute Gasteiger partial charge is 0.348 e. The fourth-order valence-electron chi connectivity index (χ4n) is 2.66. The fourth-order valence-corrected chi connectivity index (χ4v) is 3.29. The standard InChI is InChI=1S/C16H15BrClN3O2/c1-2-16(23)21-6-11(7-21)19-15(22)9-20-8-13(18)12-5-10(17)3-4-14(12)20/h2-5,8,11H,1,6-7,9H2,(H,19,22). The minimum absolute atomic E-state index is 0.00200. The van der Waals surface area contributed by atoms with Crippen molar-refractivity contribution in [1.82, 2.24) is 14.8 Å². The lowest BCUT2D eigenvalue weighted by molar-refractivity contribution is -0.133. The lowest BCUT2D eigenvalue weighted by Crippen LogP contribution is -2.61. The van der Waals surface area contributed by atoms with Gasteiger partial charge in [-0.05, 0) is 24.3 Å². The Balaban J connectivity index is 1.63. The van der Waals surface area contributed by atoms with Crippen molar-refractivity contribution in [3.05, 3.63) is 46.5 Å². The van der Waals surface area contributed by atoms with Crippen molar-refractivity contribution in [2.24, 2.45) is 0 Å². The summed E-state index contributed by atoms with van der Waals surface area (Å²) in [6.07, 6.45) is 3.04. The molecule has 0 unspecified atom stereocenters. The van der Waals surface area contributed by atoms with E-state index in [-0.39, 0.29) is 24.4 Å². The van der Waals surface area contributed by atoms with E-state index in [4.69, 9.17) is 11.6 Å². The molecule has 0 aliphatic carbocycles. The van der Waals surface area contributed by atoms with E-state index in [0.29, 0.717) is 18.1 Å². The molecule has 3 rings (SSSR count). The van der Waals surface area contributed by atoms with Gasteiger partial charge in [0.1, 0.15) is 6.54 Å². The average Bonchev–Trinajstić information content (AvgIpc) is 2.77. The molecule has 2 amide bonds. The van der Waals surface area contributed by atoms with Crippen LogP contribution in [0.25, 0.3) is 10.9 Å². The minimum atomic E-state index is -0.107. The molecule has 1 saturated heterocycles. The average molecular weight is 397 g/mol. The van der Waals surface area contributed by atoms with E-state index in [1.54, 1.807) is 11.1 Å². The number of hydrogen-bond acceptors (Lipinski definition) is 2. The first-order chi connectivity index (χ1) is 11.0. The van der Waals surface area contributed by atoms with Crippen LogP contribution in [0.4, 0.5) is 0 Å². The first-order valence-electron chi connectivity index (χ1n) is 7.12. The second-order valence-corrected chi connectivity index (χ2v) is 6.80. The van der Waals surface area contributed by atoms with Gasteiger partial charge in [-0.25, -0.2) is 0 Å². The molecule has 120 valence electrons. The van der Waals surface area contributed by atoms with Crippen molar-refractivity contribution >= 4 is 50.2 Å². The molecule has 0 atom stereocenters. The predicted octanol–water partition coefficient (Wildman–Crippen LogP) is 2.57. The highest BCUT2D eigenvalue weighted by Crippen LogP contribution is 2.28. The van der Waals surface area contributed by atoms with Crippen LogP contribution < -0.4 is 5.32 Å². The van der Waals surface area contributed by atoms with Gasteiger partial charge in [0.2, 0.25) is 11.8 Å². The van der Waals surface area contributed by atoms with Gasteiger partial charge < -0.3 is 14.8 Å². The summed E-state index contributed by atoms with van der Waals surface area (Å²) in [7, 11) is 0. The van der Waals surface area contributed by atoms with Gasteiger partial charge >= 0.3 is 0 Å². The Morgan fingerprint density at radius 2 is 2.17 bits per heavy atom. The molecular formula is C16H15BrClN3O2. The van der Waals surface area contributed by atoms with E-state index in [0.717, 1.165) is 15.4 Å². The summed E-state index contributed by atoms with van der Waals surface area (Å²) in [4.78, 5) is 25.2. The number of aromatic nitrogens is 1. The monoisotopic (exact) mass is 395 g/mol. The predicted molar refractivity (Wildman–Crippen MR) is 93.4 cm³/mol. The van der Waals surface area contributed by atoms with Crippen molar-refractivity contribution in [1.29, 1.82) is 0 Å². The summed E-state index contributed by atoms with van der Waals surface area (Å²) in [6, 6.07) is 5.76. The molecule has 0 spiro atoms. The van der Waals surface area contributed by atoms with E-state index in [2.05, 4.69) is 27.8 Å². The molecule has 23 heavy (non-hydrogen) atoms. The van der Waals surface area contributed by atoms with E-state index < -0.39 is 0 Å². The topological polar surface area (TPSA) is 54.3 Å². The van der Waals surface area contributed by atoms with Crippen LogP contribution in [-0.2, 0) is 16.1 Å². The van der Waals surface area contributed by atoms with Gasteiger partial charge in [0, 0.05) is 29.1 Å². The Morgan fingerprint density at radius 3 is 2.87 bits per heavy atom. The summed E-state index contributed by atoms with van der Waals surface area (Å²) < 4.78 is 2.76. The molecule has 2 heterocycles. The van der Waals surface area contributed by atoms with Gasteiger partial charge in [0.05, 0.1) is 16.6 Å². The molecule has 1 aromatic heterocycles. The van der Waals surface area contributed by atoms with Crippen molar-refractivity contribution in [3.63, 3.8) is 0 Å². The molecule has 0 saturated carbocycles. The third kappa shape index (κ3) is 3.28. The molecule has 1 N–H and O–H groups in total. The summed E-state index contributed by atoms with van der Waals surface area (Å²) in [5.41, 5.74) is 0.908. The maximum absolute atomic E-state index is 12.2. The summed E-state index contributed by atoms with van der Waals surface area (Å²) >= 11 is 9.63. The first kappa shape index (κ1) is 16.1. The van der Waals surface area contributed by atoms with Crippen LogP contribution in [0.2, 0.25) is 5.02 Å². The van der Waals surface area contributed by atoms with Crippen LogP contribution in [0.3, 0.4) is 0 Å². The lowest BCUT2D eigenvalue weighted by atomic mass is 10.1. The van der Waals surface area contributed by atoms with Gasteiger partial charge in [0.25, 0.3) is 0 Å². The Morgan fingerprint density at radius 1 is 1.43 bits per heavy atom. The summed E-state index contributed by atoms with van der Waals surface area (Å²) in [5.74, 6) is -0.207. The maximum atomic E-state index is 12.2. The van der Waals surface area contributed by atoms with Gasteiger partial charge in [-0.1, -0.05) is 34.1 Å². The third-order valence-electron chi connectivity index (χ3n) is 3.84. The number of fused-ring (bicyclic) bond motifs is 1.